The number of ether oxygens (including phenoxy) is 1. The molecule has 0 bridgehead atoms. The van der Waals surface area contributed by atoms with Crippen molar-refractivity contribution in [3.8, 4) is 0 Å². The van der Waals surface area contributed by atoms with E-state index in [9.17, 15) is 23.1 Å². The van der Waals surface area contributed by atoms with E-state index in [0.29, 0.717) is 24.3 Å². The topological polar surface area (TPSA) is 125 Å². The van der Waals surface area contributed by atoms with Gasteiger partial charge in [-0.15, -0.1) is 0 Å². The van der Waals surface area contributed by atoms with Crippen molar-refractivity contribution >= 4 is 27.7 Å². The molecule has 0 saturated carbocycles. The van der Waals surface area contributed by atoms with E-state index >= 15 is 0 Å². The van der Waals surface area contributed by atoms with Crippen molar-refractivity contribution in [2.75, 3.05) is 25.0 Å². The Balaban J connectivity index is 1.53. The number of aliphatic hydroxyl groups is 1. The number of alkyl carbamates (subject to hydrolysis) is 1. The molecule has 1 heterocycles. The van der Waals surface area contributed by atoms with Crippen LogP contribution in [0.1, 0.15) is 30.4 Å². The van der Waals surface area contributed by atoms with Gasteiger partial charge in [-0.3, -0.25) is 4.79 Å². The highest BCUT2D eigenvalue weighted by Crippen LogP contribution is 2.25. The molecule has 0 radical (unpaired) electrons. The Labute approximate surface area is 193 Å². The maximum Gasteiger partial charge on any atom is 0.407 e. The molecule has 0 spiro atoms. The summed E-state index contributed by atoms with van der Waals surface area (Å²) in [5.74, 6) is -0.438. The first kappa shape index (κ1) is 24.7. The zero-order valence-electron chi connectivity index (χ0n) is 18.5. The SMILES string of the molecule is Cc1cc(NC(=O)CC(CO)NC(=O)OCc2ccccc2)ccc1S(=O)(=O)N1CCCC1. The molecule has 0 aliphatic carbocycles. The van der Waals surface area contributed by atoms with Gasteiger partial charge in [-0.1, -0.05) is 30.3 Å². The number of nitrogens with one attached hydrogen (secondary N) is 2. The molecule has 2 aromatic rings. The van der Waals surface area contributed by atoms with Crippen LogP contribution in [0.3, 0.4) is 0 Å². The summed E-state index contributed by atoms with van der Waals surface area (Å²) in [6.07, 6.45) is 0.792. The first-order valence-electron chi connectivity index (χ1n) is 10.8. The lowest BCUT2D eigenvalue weighted by atomic mass is 10.2. The number of amides is 2. The lowest BCUT2D eigenvalue weighted by Gasteiger charge is -2.18. The van der Waals surface area contributed by atoms with Crippen molar-refractivity contribution in [3.63, 3.8) is 0 Å². The molecule has 178 valence electrons. The second-order valence-electron chi connectivity index (χ2n) is 7.93. The van der Waals surface area contributed by atoms with Crippen LogP contribution >= 0.6 is 0 Å². The summed E-state index contributed by atoms with van der Waals surface area (Å²) < 4.78 is 32.1. The number of aryl methyl sites for hydroxylation is 1. The third-order valence-corrected chi connectivity index (χ3v) is 7.39. The highest BCUT2D eigenvalue weighted by Gasteiger charge is 2.28. The summed E-state index contributed by atoms with van der Waals surface area (Å²) in [7, 11) is -3.55. The first-order chi connectivity index (χ1) is 15.8. The number of nitrogens with zero attached hydrogens (tertiary/aromatic N) is 1. The number of rotatable bonds is 9. The minimum atomic E-state index is -3.55. The number of benzene rings is 2. The van der Waals surface area contributed by atoms with Crippen LogP contribution in [-0.4, -0.2) is 55.6 Å². The molecule has 2 aromatic carbocycles. The van der Waals surface area contributed by atoms with E-state index in [1.165, 1.54) is 16.4 Å². The van der Waals surface area contributed by atoms with Crippen LogP contribution in [0.4, 0.5) is 10.5 Å². The molecule has 2 amide bonds. The van der Waals surface area contributed by atoms with Gasteiger partial charge in [0.05, 0.1) is 17.5 Å². The predicted octanol–water partition coefficient (Wildman–Crippen LogP) is 2.40. The first-order valence-corrected chi connectivity index (χ1v) is 12.2. The van der Waals surface area contributed by atoms with E-state index in [-0.39, 0.29) is 17.9 Å². The molecular weight excluding hydrogens is 446 g/mol. The van der Waals surface area contributed by atoms with Gasteiger partial charge < -0.3 is 20.5 Å². The van der Waals surface area contributed by atoms with Crippen molar-refractivity contribution in [2.45, 2.75) is 43.7 Å². The molecule has 1 aliphatic heterocycles. The molecule has 10 heteroatoms. The van der Waals surface area contributed by atoms with Crippen molar-refractivity contribution in [1.29, 1.82) is 0 Å². The van der Waals surface area contributed by atoms with Crippen LogP contribution in [0.25, 0.3) is 0 Å². The molecule has 1 fully saturated rings. The molecule has 1 atom stereocenters. The predicted molar refractivity (Wildman–Crippen MR) is 123 cm³/mol. The molecule has 1 aliphatic rings. The Bertz CT molecular complexity index is 1070. The molecule has 1 unspecified atom stereocenters. The molecule has 9 nitrogen and oxygen atoms in total. The lowest BCUT2D eigenvalue weighted by molar-refractivity contribution is -0.116. The largest absolute Gasteiger partial charge is 0.445 e. The average Bonchev–Trinajstić information content (AvgIpc) is 3.34. The molecule has 0 aromatic heterocycles. The van der Waals surface area contributed by atoms with E-state index < -0.39 is 34.7 Å². The minimum absolute atomic E-state index is 0.0724. The highest BCUT2D eigenvalue weighted by molar-refractivity contribution is 7.89. The minimum Gasteiger partial charge on any atom is -0.445 e. The van der Waals surface area contributed by atoms with Gasteiger partial charge in [0.2, 0.25) is 15.9 Å². The van der Waals surface area contributed by atoms with Gasteiger partial charge in [0, 0.05) is 25.2 Å². The zero-order chi connectivity index (χ0) is 23.8. The Morgan fingerprint density at radius 3 is 2.45 bits per heavy atom. The Kier molecular flexibility index (Phi) is 8.43. The van der Waals surface area contributed by atoms with Crippen LogP contribution in [0.15, 0.2) is 53.4 Å². The number of aliphatic hydroxyl groups excluding tert-OH is 1. The fourth-order valence-corrected chi connectivity index (χ4v) is 5.34. The monoisotopic (exact) mass is 475 g/mol. The number of carbonyl (C=O) groups is 2. The van der Waals surface area contributed by atoms with Gasteiger partial charge in [0.15, 0.2) is 0 Å². The Morgan fingerprint density at radius 1 is 1.12 bits per heavy atom. The summed E-state index contributed by atoms with van der Waals surface area (Å²) in [4.78, 5) is 24.6. The average molecular weight is 476 g/mol. The smallest absolute Gasteiger partial charge is 0.407 e. The van der Waals surface area contributed by atoms with Crippen LogP contribution < -0.4 is 10.6 Å². The highest BCUT2D eigenvalue weighted by atomic mass is 32.2. The quantitative estimate of drug-likeness (QED) is 0.511. The van der Waals surface area contributed by atoms with Gasteiger partial charge in [-0.25, -0.2) is 13.2 Å². The summed E-state index contributed by atoms with van der Waals surface area (Å²) in [6.45, 7) is 2.34. The molecule has 1 saturated heterocycles. The van der Waals surface area contributed by atoms with Gasteiger partial charge in [-0.05, 0) is 49.1 Å². The molecule has 33 heavy (non-hydrogen) atoms. The second kappa shape index (κ2) is 11.3. The van der Waals surface area contributed by atoms with E-state index in [4.69, 9.17) is 4.74 Å². The van der Waals surface area contributed by atoms with Crippen molar-refractivity contribution in [2.24, 2.45) is 0 Å². The van der Waals surface area contributed by atoms with Crippen LogP contribution in [0.5, 0.6) is 0 Å². The van der Waals surface area contributed by atoms with E-state index in [1.54, 1.807) is 13.0 Å². The van der Waals surface area contributed by atoms with Gasteiger partial charge in [-0.2, -0.15) is 4.31 Å². The summed E-state index contributed by atoms with van der Waals surface area (Å²) >= 11 is 0. The third kappa shape index (κ3) is 6.77. The van der Waals surface area contributed by atoms with E-state index in [1.807, 2.05) is 30.3 Å². The van der Waals surface area contributed by atoms with Crippen LogP contribution in [0.2, 0.25) is 0 Å². The number of hydrogen-bond donors (Lipinski definition) is 3. The van der Waals surface area contributed by atoms with E-state index in [2.05, 4.69) is 10.6 Å². The van der Waals surface area contributed by atoms with Gasteiger partial charge >= 0.3 is 6.09 Å². The standard InChI is InChI=1S/C23H29N3O6S/c1-17-13-19(9-10-21(17)33(30,31)26-11-5-6-12-26)24-22(28)14-20(15-27)25-23(29)32-16-18-7-3-2-4-8-18/h2-4,7-10,13,20,27H,5-6,11-12,14-16H2,1H3,(H,24,28)(H,25,29). The molecule has 3 rings (SSSR count). The van der Waals surface area contributed by atoms with Gasteiger partial charge in [0.25, 0.3) is 0 Å². The fourth-order valence-electron chi connectivity index (χ4n) is 3.61. The second-order valence-corrected chi connectivity index (χ2v) is 9.84. The lowest BCUT2D eigenvalue weighted by Crippen LogP contribution is -2.40. The zero-order valence-corrected chi connectivity index (χ0v) is 19.3. The Morgan fingerprint density at radius 2 is 1.82 bits per heavy atom. The molecule has 3 N–H and O–H groups in total. The number of hydrogen-bond acceptors (Lipinski definition) is 6. The van der Waals surface area contributed by atoms with Crippen LogP contribution in [0, 0.1) is 6.92 Å². The maximum absolute atomic E-state index is 12.8. The maximum atomic E-state index is 12.8. The summed E-state index contributed by atoms with van der Waals surface area (Å²) in [6, 6.07) is 12.9. The normalized spacial score (nSPS) is 15.1. The van der Waals surface area contributed by atoms with Gasteiger partial charge in [0.1, 0.15) is 6.61 Å². The van der Waals surface area contributed by atoms with Crippen LogP contribution in [-0.2, 0) is 26.2 Å². The van der Waals surface area contributed by atoms with E-state index in [0.717, 1.165) is 18.4 Å². The molecular formula is C23H29N3O6S. The van der Waals surface area contributed by atoms with Crippen molar-refractivity contribution < 1.29 is 27.9 Å². The van der Waals surface area contributed by atoms with Crippen molar-refractivity contribution in [3.05, 3.63) is 59.7 Å². The summed E-state index contributed by atoms with van der Waals surface area (Å²) in [5.41, 5.74) is 1.78. The number of sulfonamides is 1. The summed E-state index contributed by atoms with van der Waals surface area (Å²) in [5, 5.41) is 14.7. The van der Waals surface area contributed by atoms with Crippen molar-refractivity contribution in [1.82, 2.24) is 9.62 Å². The number of carbonyl (C=O) groups excluding carboxylic acids is 2. The Hall–Kier alpha value is -2.95. The number of anilines is 1. The third-order valence-electron chi connectivity index (χ3n) is 5.33. The fraction of sp³-hybridized carbons (Fsp3) is 0.391.